The summed E-state index contributed by atoms with van der Waals surface area (Å²) >= 11 is 0. The van der Waals surface area contributed by atoms with Crippen molar-refractivity contribution in [2.75, 3.05) is 19.7 Å². The molecule has 0 bridgehead atoms. The van der Waals surface area contributed by atoms with Crippen molar-refractivity contribution >= 4 is 5.91 Å². The van der Waals surface area contributed by atoms with Crippen LogP contribution in [0.4, 0.5) is 0 Å². The number of nitrogens with two attached hydrogens (primary N) is 1. The van der Waals surface area contributed by atoms with Crippen molar-refractivity contribution in [2.24, 2.45) is 17.1 Å². The van der Waals surface area contributed by atoms with E-state index < -0.39 is 0 Å². The molecule has 1 saturated carbocycles. The summed E-state index contributed by atoms with van der Waals surface area (Å²) in [4.78, 5) is 11.8. The summed E-state index contributed by atoms with van der Waals surface area (Å²) in [7, 11) is 0. The number of carbonyl (C=O) groups excluding carboxylic acids is 1. The summed E-state index contributed by atoms with van der Waals surface area (Å²) in [6.07, 6.45) is 6.12. The van der Waals surface area contributed by atoms with Crippen LogP contribution in [0, 0.1) is 11.3 Å². The second-order valence-corrected chi connectivity index (χ2v) is 5.41. The lowest BCUT2D eigenvalue weighted by Gasteiger charge is -2.27. The van der Waals surface area contributed by atoms with E-state index in [0.29, 0.717) is 13.1 Å². The average Bonchev–Trinajstić information content (AvgIpc) is 2.82. The van der Waals surface area contributed by atoms with E-state index in [1.54, 1.807) is 0 Å². The van der Waals surface area contributed by atoms with Gasteiger partial charge in [0.05, 0.1) is 6.61 Å². The molecule has 1 rings (SSSR count). The predicted molar refractivity (Wildman–Crippen MR) is 68.4 cm³/mol. The Morgan fingerprint density at radius 2 is 2.12 bits per heavy atom. The van der Waals surface area contributed by atoms with Gasteiger partial charge in [0.15, 0.2) is 0 Å². The molecule has 4 N–H and O–H groups in total. The number of hydrogen-bond acceptors (Lipinski definition) is 3. The second-order valence-electron chi connectivity index (χ2n) is 5.41. The van der Waals surface area contributed by atoms with Crippen LogP contribution in [0.1, 0.15) is 45.4 Å². The highest BCUT2D eigenvalue weighted by Gasteiger charge is 2.33. The molecule has 4 nitrogen and oxygen atoms in total. The highest BCUT2D eigenvalue weighted by molar-refractivity contribution is 5.78. The van der Waals surface area contributed by atoms with E-state index in [9.17, 15) is 9.90 Å². The van der Waals surface area contributed by atoms with Crippen LogP contribution < -0.4 is 11.1 Å². The van der Waals surface area contributed by atoms with Gasteiger partial charge in [0, 0.05) is 17.9 Å². The number of aliphatic hydroxyl groups excluding tert-OH is 1. The largest absolute Gasteiger partial charge is 0.396 e. The van der Waals surface area contributed by atoms with Gasteiger partial charge in [-0.25, -0.2) is 0 Å². The first-order valence-electron chi connectivity index (χ1n) is 6.72. The topological polar surface area (TPSA) is 75.4 Å². The maximum Gasteiger partial charge on any atom is 0.222 e. The van der Waals surface area contributed by atoms with Crippen LogP contribution in [-0.4, -0.2) is 30.7 Å². The highest BCUT2D eigenvalue weighted by atomic mass is 16.3. The molecule has 1 aliphatic rings. The Kier molecular flexibility index (Phi) is 5.92. The van der Waals surface area contributed by atoms with Crippen molar-refractivity contribution in [3.63, 3.8) is 0 Å². The Labute approximate surface area is 104 Å². The molecule has 0 aromatic carbocycles. The molecule has 0 spiro atoms. The molecule has 0 saturated heterocycles. The summed E-state index contributed by atoms with van der Waals surface area (Å²) in [5.74, 6) is 0.119. The van der Waals surface area contributed by atoms with Crippen LogP contribution in [0.3, 0.4) is 0 Å². The Hall–Kier alpha value is -0.610. The molecule has 100 valence electrons. The molecule has 0 aromatic heterocycles. The first-order valence-corrected chi connectivity index (χ1v) is 6.72. The molecule has 1 aliphatic carbocycles. The fourth-order valence-corrected chi connectivity index (χ4v) is 2.52. The summed E-state index contributed by atoms with van der Waals surface area (Å²) in [6, 6.07) is 0. The Morgan fingerprint density at radius 3 is 2.65 bits per heavy atom. The van der Waals surface area contributed by atoms with Crippen LogP contribution in [0.5, 0.6) is 0 Å². The van der Waals surface area contributed by atoms with Crippen molar-refractivity contribution in [3.8, 4) is 0 Å². The fraction of sp³-hybridized carbons (Fsp3) is 0.923. The number of carbonyl (C=O) groups is 1. The van der Waals surface area contributed by atoms with Gasteiger partial charge >= 0.3 is 0 Å². The maximum atomic E-state index is 11.8. The minimum Gasteiger partial charge on any atom is -0.396 e. The maximum absolute atomic E-state index is 11.8. The quantitative estimate of drug-likeness (QED) is 0.624. The first kappa shape index (κ1) is 14.5. The van der Waals surface area contributed by atoms with Gasteiger partial charge in [-0.1, -0.05) is 19.8 Å². The molecule has 1 amide bonds. The SMILES string of the molecule is CC(CCCN)C(=O)NCC1(CO)CCCC1. The number of nitrogens with one attached hydrogen (secondary N) is 1. The summed E-state index contributed by atoms with van der Waals surface area (Å²) < 4.78 is 0. The van der Waals surface area contributed by atoms with Crippen LogP contribution in [0.15, 0.2) is 0 Å². The van der Waals surface area contributed by atoms with Gasteiger partial charge in [0.25, 0.3) is 0 Å². The molecule has 1 unspecified atom stereocenters. The summed E-state index contributed by atoms with van der Waals surface area (Å²) in [6.45, 7) is 3.38. The molecule has 0 aromatic rings. The molecule has 4 heteroatoms. The van der Waals surface area contributed by atoms with Gasteiger partial charge in [-0.05, 0) is 32.2 Å². The van der Waals surface area contributed by atoms with Crippen molar-refractivity contribution in [1.29, 1.82) is 0 Å². The third-order valence-corrected chi connectivity index (χ3v) is 3.93. The normalized spacial score (nSPS) is 20.2. The smallest absolute Gasteiger partial charge is 0.222 e. The fourth-order valence-electron chi connectivity index (χ4n) is 2.52. The first-order chi connectivity index (χ1) is 8.13. The minimum atomic E-state index is -0.0523. The second kappa shape index (κ2) is 6.97. The van der Waals surface area contributed by atoms with Gasteiger partial charge in [-0.15, -0.1) is 0 Å². The van der Waals surface area contributed by atoms with E-state index in [1.165, 1.54) is 12.8 Å². The van der Waals surface area contributed by atoms with Gasteiger partial charge in [-0.3, -0.25) is 4.79 Å². The number of aliphatic hydroxyl groups is 1. The predicted octanol–water partition coefficient (Wildman–Crippen LogP) is 1.03. The van der Waals surface area contributed by atoms with Crippen LogP contribution in [0.2, 0.25) is 0 Å². The number of rotatable bonds is 7. The minimum absolute atomic E-state index is 0.0238. The molecule has 1 atom stereocenters. The molecule has 0 radical (unpaired) electrons. The van der Waals surface area contributed by atoms with E-state index in [0.717, 1.165) is 25.7 Å². The van der Waals surface area contributed by atoms with E-state index in [-0.39, 0.29) is 23.8 Å². The van der Waals surface area contributed by atoms with Gasteiger partial charge in [-0.2, -0.15) is 0 Å². The van der Waals surface area contributed by atoms with Crippen molar-refractivity contribution < 1.29 is 9.90 Å². The lowest BCUT2D eigenvalue weighted by Crippen LogP contribution is -2.40. The monoisotopic (exact) mass is 242 g/mol. The molecule has 0 heterocycles. The average molecular weight is 242 g/mol. The summed E-state index contributed by atoms with van der Waals surface area (Å²) in [5.41, 5.74) is 5.38. The molecule has 17 heavy (non-hydrogen) atoms. The van der Waals surface area contributed by atoms with Crippen LogP contribution >= 0.6 is 0 Å². The van der Waals surface area contributed by atoms with Crippen LogP contribution in [-0.2, 0) is 4.79 Å². The third-order valence-electron chi connectivity index (χ3n) is 3.93. The van der Waals surface area contributed by atoms with Crippen molar-refractivity contribution in [3.05, 3.63) is 0 Å². The lowest BCUT2D eigenvalue weighted by atomic mass is 9.87. The standard InChI is InChI=1S/C13H26N2O2/c1-11(5-4-8-14)12(17)15-9-13(10-16)6-2-3-7-13/h11,16H,2-10,14H2,1H3,(H,15,17). The molecule has 1 fully saturated rings. The zero-order valence-corrected chi connectivity index (χ0v) is 10.9. The lowest BCUT2D eigenvalue weighted by molar-refractivity contribution is -0.125. The number of hydrogen-bond donors (Lipinski definition) is 3. The van der Waals surface area contributed by atoms with E-state index >= 15 is 0 Å². The van der Waals surface area contributed by atoms with Crippen molar-refractivity contribution in [2.45, 2.75) is 45.4 Å². The van der Waals surface area contributed by atoms with Gasteiger partial charge in [0.1, 0.15) is 0 Å². The Balaban J connectivity index is 2.31. The van der Waals surface area contributed by atoms with Gasteiger partial charge < -0.3 is 16.2 Å². The van der Waals surface area contributed by atoms with E-state index in [2.05, 4.69) is 5.32 Å². The molecule has 0 aliphatic heterocycles. The van der Waals surface area contributed by atoms with E-state index in [4.69, 9.17) is 5.73 Å². The van der Waals surface area contributed by atoms with Crippen molar-refractivity contribution in [1.82, 2.24) is 5.32 Å². The van der Waals surface area contributed by atoms with E-state index in [1.807, 2.05) is 6.92 Å². The summed E-state index contributed by atoms with van der Waals surface area (Å²) in [5, 5.41) is 12.4. The third kappa shape index (κ3) is 4.28. The highest BCUT2D eigenvalue weighted by Crippen LogP contribution is 2.36. The van der Waals surface area contributed by atoms with Crippen LogP contribution in [0.25, 0.3) is 0 Å². The zero-order chi connectivity index (χ0) is 12.7. The Bertz CT molecular complexity index is 238. The van der Waals surface area contributed by atoms with Gasteiger partial charge in [0.2, 0.25) is 5.91 Å². The Morgan fingerprint density at radius 1 is 1.47 bits per heavy atom. The molecular weight excluding hydrogens is 216 g/mol. The molecular formula is C13H26N2O2. The zero-order valence-electron chi connectivity index (χ0n) is 10.9. The number of amides is 1.